The number of urea groups is 1. The fourth-order valence-electron chi connectivity index (χ4n) is 1.52. The van der Waals surface area contributed by atoms with E-state index in [0.717, 1.165) is 5.75 Å². The number of rotatable bonds is 3. The smallest absolute Gasteiger partial charge is 0.323 e. The number of halogens is 1. The molecular formula is C14H13ClN2O2. The lowest BCUT2D eigenvalue weighted by molar-refractivity contribution is 0.262. The Bertz CT molecular complexity index is 570. The molecular weight excluding hydrogens is 264 g/mol. The highest BCUT2D eigenvalue weighted by Gasteiger charge is 2.05. The summed E-state index contributed by atoms with van der Waals surface area (Å²) in [4.78, 5) is 11.8. The van der Waals surface area contributed by atoms with Crippen LogP contribution in [0.4, 0.5) is 16.2 Å². The molecule has 0 aliphatic carbocycles. The van der Waals surface area contributed by atoms with Crippen LogP contribution in [0.2, 0.25) is 5.02 Å². The van der Waals surface area contributed by atoms with E-state index >= 15 is 0 Å². The number of carbonyl (C=O) groups excluding carboxylic acids is 1. The van der Waals surface area contributed by atoms with E-state index in [-0.39, 0.29) is 6.03 Å². The summed E-state index contributed by atoms with van der Waals surface area (Å²) < 4.78 is 5.04. The first-order valence-corrected chi connectivity index (χ1v) is 6.03. The highest BCUT2D eigenvalue weighted by Crippen LogP contribution is 2.21. The molecule has 5 heteroatoms. The Morgan fingerprint density at radius 2 is 1.74 bits per heavy atom. The summed E-state index contributed by atoms with van der Waals surface area (Å²) in [5.74, 6) is 0.733. The Morgan fingerprint density at radius 3 is 2.37 bits per heavy atom. The number of amides is 2. The summed E-state index contributed by atoms with van der Waals surface area (Å²) in [7, 11) is 1.59. The molecule has 19 heavy (non-hydrogen) atoms. The van der Waals surface area contributed by atoms with Gasteiger partial charge >= 0.3 is 6.03 Å². The van der Waals surface area contributed by atoms with Gasteiger partial charge in [0.15, 0.2) is 0 Å². The van der Waals surface area contributed by atoms with E-state index in [1.54, 1.807) is 55.6 Å². The third-order valence-electron chi connectivity index (χ3n) is 2.47. The summed E-state index contributed by atoms with van der Waals surface area (Å²) in [6, 6.07) is 13.7. The molecule has 0 saturated heterocycles. The summed E-state index contributed by atoms with van der Waals surface area (Å²) in [5, 5.41) is 5.87. The molecule has 2 amide bonds. The second-order valence-corrected chi connectivity index (χ2v) is 4.19. The number of hydrogen-bond donors (Lipinski definition) is 2. The van der Waals surface area contributed by atoms with Gasteiger partial charge in [-0.2, -0.15) is 0 Å². The van der Waals surface area contributed by atoms with Crippen molar-refractivity contribution < 1.29 is 9.53 Å². The molecule has 0 fully saturated rings. The molecule has 2 N–H and O–H groups in total. The minimum absolute atomic E-state index is 0.349. The number of carbonyl (C=O) groups is 1. The summed E-state index contributed by atoms with van der Waals surface area (Å²) in [6.07, 6.45) is 0. The van der Waals surface area contributed by atoms with Crippen molar-refractivity contribution in [2.24, 2.45) is 0 Å². The van der Waals surface area contributed by atoms with E-state index in [9.17, 15) is 4.79 Å². The number of hydrogen-bond acceptors (Lipinski definition) is 2. The molecule has 0 aliphatic heterocycles. The van der Waals surface area contributed by atoms with Crippen molar-refractivity contribution in [1.82, 2.24) is 0 Å². The van der Waals surface area contributed by atoms with Crippen molar-refractivity contribution in [3.63, 3.8) is 0 Å². The fraction of sp³-hybridized carbons (Fsp3) is 0.0714. The Balaban J connectivity index is 1.99. The molecule has 4 nitrogen and oxygen atoms in total. The molecule has 0 bridgehead atoms. The summed E-state index contributed by atoms with van der Waals surface area (Å²) in [5.41, 5.74) is 1.24. The van der Waals surface area contributed by atoms with Gasteiger partial charge in [-0.3, -0.25) is 0 Å². The third-order valence-corrected chi connectivity index (χ3v) is 2.80. The number of nitrogens with one attached hydrogen (secondary N) is 2. The predicted octanol–water partition coefficient (Wildman–Crippen LogP) is 3.99. The van der Waals surface area contributed by atoms with Crippen molar-refractivity contribution >= 4 is 29.0 Å². The molecule has 0 unspecified atom stereocenters. The van der Waals surface area contributed by atoms with E-state index in [4.69, 9.17) is 16.3 Å². The maximum Gasteiger partial charge on any atom is 0.323 e. The van der Waals surface area contributed by atoms with Gasteiger partial charge in [0.05, 0.1) is 17.8 Å². The van der Waals surface area contributed by atoms with E-state index in [0.29, 0.717) is 16.4 Å². The van der Waals surface area contributed by atoms with Gasteiger partial charge in [-0.15, -0.1) is 0 Å². The fourth-order valence-corrected chi connectivity index (χ4v) is 1.70. The van der Waals surface area contributed by atoms with E-state index in [1.165, 1.54) is 0 Å². The molecule has 98 valence electrons. The molecule has 0 radical (unpaired) electrons. The average molecular weight is 277 g/mol. The van der Waals surface area contributed by atoms with E-state index < -0.39 is 0 Å². The monoisotopic (exact) mass is 276 g/mol. The van der Waals surface area contributed by atoms with Gasteiger partial charge in [-0.05, 0) is 36.4 Å². The van der Waals surface area contributed by atoms with Crippen molar-refractivity contribution in [1.29, 1.82) is 0 Å². The molecule has 0 atom stereocenters. The molecule has 2 aromatic rings. The van der Waals surface area contributed by atoms with Crippen molar-refractivity contribution in [2.45, 2.75) is 0 Å². The van der Waals surface area contributed by atoms with Crippen LogP contribution in [0.15, 0.2) is 48.5 Å². The minimum Gasteiger partial charge on any atom is -0.497 e. The van der Waals surface area contributed by atoms with Crippen molar-refractivity contribution in [2.75, 3.05) is 17.7 Å². The molecule has 0 heterocycles. The van der Waals surface area contributed by atoms with Crippen LogP contribution < -0.4 is 15.4 Å². The Morgan fingerprint density at radius 1 is 1.05 bits per heavy atom. The van der Waals surface area contributed by atoms with E-state index in [1.807, 2.05) is 0 Å². The highest BCUT2D eigenvalue weighted by atomic mass is 35.5. The summed E-state index contributed by atoms with van der Waals surface area (Å²) >= 11 is 5.95. The second kappa shape index (κ2) is 6.11. The number of anilines is 2. The van der Waals surface area contributed by atoms with Crippen LogP contribution >= 0.6 is 11.6 Å². The zero-order chi connectivity index (χ0) is 13.7. The van der Waals surface area contributed by atoms with Gasteiger partial charge < -0.3 is 15.4 Å². The summed E-state index contributed by atoms with van der Waals surface area (Å²) in [6.45, 7) is 0. The predicted molar refractivity (Wildman–Crippen MR) is 77.1 cm³/mol. The zero-order valence-corrected chi connectivity index (χ0v) is 11.1. The average Bonchev–Trinajstić information content (AvgIpc) is 2.42. The molecule has 0 saturated carbocycles. The highest BCUT2D eigenvalue weighted by molar-refractivity contribution is 6.33. The molecule has 2 aromatic carbocycles. The second-order valence-electron chi connectivity index (χ2n) is 3.79. The van der Waals surface area contributed by atoms with Crippen LogP contribution in [0.25, 0.3) is 0 Å². The van der Waals surface area contributed by atoms with E-state index in [2.05, 4.69) is 10.6 Å². The Kier molecular flexibility index (Phi) is 4.26. The first-order valence-electron chi connectivity index (χ1n) is 5.65. The third kappa shape index (κ3) is 3.63. The Hall–Kier alpha value is -2.20. The minimum atomic E-state index is -0.349. The zero-order valence-electron chi connectivity index (χ0n) is 10.3. The lowest BCUT2D eigenvalue weighted by Crippen LogP contribution is -2.19. The number of benzene rings is 2. The van der Waals surface area contributed by atoms with Gasteiger partial charge in [0.1, 0.15) is 5.75 Å². The molecule has 2 rings (SSSR count). The maximum absolute atomic E-state index is 11.8. The normalized spacial score (nSPS) is 9.79. The first-order chi connectivity index (χ1) is 9.19. The van der Waals surface area contributed by atoms with Gasteiger partial charge in [0.25, 0.3) is 0 Å². The van der Waals surface area contributed by atoms with Gasteiger partial charge in [0.2, 0.25) is 0 Å². The standard InChI is InChI=1S/C14H13ClN2O2/c1-19-11-8-6-10(7-9-11)16-14(18)17-13-5-3-2-4-12(13)15/h2-9H,1H3,(H2,16,17,18). The molecule has 0 aliphatic rings. The topological polar surface area (TPSA) is 50.4 Å². The van der Waals surface area contributed by atoms with Gasteiger partial charge in [-0.1, -0.05) is 23.7 Å². The maximum atomic E-state index is 11.8. The van der Waals surface area contributed by atoms with Gasteiger partial charge in [0, 0.05) is 5.69 Å². The first kappa shape index (κ1) is 13.2. The Labute approximate surface area is 116 Å². The largest absolute Gasteiger partial charge is 0.497 e. The lowest BCUT2D eigenvalue weighted by Gasteiger charge is -2.09. The van der Waals surface area contributed by atoms with Crippen LogP contribution in [0, 0.1) is 0 Å². The SMILES string of the molecule is COc1ccc(NC(=O)Nc2ccccc2Cl)cc1. The number of ether oxygens (including phenoxy) is 1. The van der Waals surface area contributed by atoms with Crippen LogP contribution in [0.1, 0.15) is 0 Å². The lowest BCUT2D eigenvalue weighted by atomic mass is 10.3. The number of methoxy groups -OCH3 is 1. The van der Waals surface area contributed by atoms with Crippen LogP contribution in [0.3, 0.4) is 0 Å². The van der Waals surface area contributed by atoms with Gasteiger partial charge in [-0.25, -0.2) is 4.79 Å². The van der Waals surface area contributed by atoms with Crippen molar-refractivity contribution in [3.8, 4) is 5.75 Å². The number of para-hydroxylation sites is 1. The van der Waals surface area contributed by atoms with Crippen LogP contribution in [-0.2, 0) is 0 Å². The molecule has 0 aromatic heterocycles. The quantitative estimate of drug-likeness (QED) is 0.890. The van der Waals surface area contributed by atoms with Crippen LogP contribution in [-0.4, -0.2) is 13.1 Å². The molecule has 0 spiro atoms. The van der Waals surface area contributed by atoms with Crippen LogP contribution in [0.5, 0.6) is 5.75 Å². The van der Waals surface area contributed by atoms with Crippen molar-refractivity contribution in [3.05, 3.63) is 53.6 Å².